The second-order valence-corrected chi connectivity index (χ2v) is 4.61. The average Bonchev–Trinajstić information content (AvgIpc) is 2.87. The second-order valence-electron chi connectivity index (χ2n) is 4.61. The molecule has 1 N–H and O–H groups in total. The van der Waals surface area contributed by atoms with Crippen molar-refractivity contribution in [1.29, 1.82) is 0 Å². The summed E-state index contributed by atoms with van der Waals surface area (Å²) >= 11 is 0. The number of esters is 1. The number of carbonyl (C=O) groups is 2. The molecular weight excluding hydrogens is 214 g/mol. The molecule has 1 heterocycles. The van der Waals surface area contributed by atoms with Crippen molar-refractivity contribution in [2.75, 3.05) is 13.7 Å². The Morgan fingerprint density at radius 1 is 1.38 bits per heavy atom. The Kier molecular flexibility index (Phi) is 3.42. The molecule has 1 saturated heterocycles. The van der Waals surface area contributed by atoms with Crippen LogP contribution >= 0.6 is 0 Å². The van der Waals surface area contributed by atoms with Gasteiger partial charge in [0.15, 0.2) is 6.04 Å². The number of ether oxygens (including phenoxy) is 2. The molecule has 1 amide bonds. The van der Waals surface area contributed by atoms with Gasteiger partial charge in [0.2, 0.25) is 0 Å². The van der Waals surface area contributed by atoms with Gasteiger partial charge < -0.3 is 14.6 Å². The number of aliphatic hydroxyl groups is 1. The lowest BCUT2D eigenvalue weighted by atomic mass is 10.2. The Balaban J connectivity index is 2.61. The Morgan fingerprint density at radius 2 is 1.94 bits per heavy atom. The normalized spacial score (nSPS) is 23.9. The molecule has 0 spiro atoms. The summed E-state index contributed by atoms with van der Waals surface area (Å²) in [6, 6.07) is -1.24. The lowest BCUT2D eigenvalue weighted by Gasteiger charge is -2.20. The molecule has 2 atom stereocenters. The third kappa shape index (κ3) is 2.63. The van der Waals surface area contributed by atoms with Gasteiger partial charge in [-0.2, -0.15) is 0 Å². The summed E-state index contributed by atoms with van der Waals surface area (Å²) in [5, 5.41) is 8.98. The molecule has 0 radical (unpaired) electrons. The SMILES string of the molecule is COC(=O)[C@H]1[C@H](CO)N1C(=O)OC(C)(C)C. The van der Waals surface area contributed by atoms with E-state index in [0.29, 0.717) is 0 Å². The predicted molar refractivity (Wildman–Crippen MR) is 54.8 cm³/mol. The van der Waals surface area contributed by atoms with Crippen LogP contribution in [0.3, 0.4) is 0 Å². The van der Waals surface area contributed by atoms with Gasteiger partial charge in [0.25, 0.3) is 0 Å². The molecular formula is C10H17NO5. The second kappa shape index (κ2) is 4.29. The highest BCUT2D eigenvalue weighted by molar-refractivity contribution is 5.88. The van der Waals surface area contributed by atoms with Crippen molar-refractivity contribution in [3.8, 4) is 0 Å². The minimum atomic E-state index is -0.718. The zero-order valence-corrected chi connectivity index (χ0v) is 9.89. The molecule has 0 bridgehead atoms. The van der Waals surface area contributed by atoms with Gasteiger partial charge >= 0.3 is 12.1 Å². The summed E-state index contributed by atoms with van der Waals surface area (Å²) < 4.78 is 9.60. The Morgan fingerprint density at radius 3 is 2.31 bits per heavy atom. The molecule has 1 aliphatic heterocycles. The maximum absolute atomic E-state index is 11.6. The van der Waals surface area contributed by atoms with E-state index >= 15 is 0 Å². The third-order valence-corrected chi connectivity index (χ3v) is 2.17. The lowest BCUT2D eigenvalue weighted by Crippen LogP contribution is -2.29. The minimum absolute atomic E-state index is 0.279. The molecule has 1 rings (SSSR count). The highest BCUT2D eigenvalue weighted by Crippen LogP contribution is 2.31. The van der Waals surface area contributed by atoms with Crippen molar-refractivity contribution in [3.05, 3.63) is 0 Å². The molecule has 92 valence electrons. The quantitative estimate of drug-likeness (QED) is 0.540. The number of amides is 1. The van der Waals surface area contributed by atoms with Crippen molar-refractivity contribution in [2.45, 2.75) is 38.5 Å². The molecule has 0 aromatic heterocycles. The third-order valence-electron chi connectivity index (χ3n) is 2.17. The molecule has 16 heavy (non-hydrogen) atoms. The molecule has 0 saturated carbocycles. The van der Waals surface area contributed by atoms with Gasteiger partial charge in [0.05, 0.1) is 19.8 Å². The van der Waals surface area contributed by atoms with Crippen molar-refractivity contribution in [3.63, 3.8) is 0 Å². The molecule has 1 fully saturated rings. The summed E-state index contributed by atoms with van der Waals surface area (Å²) in [6.45, 7) is 4.92. The number of carbonyl (C=O) groups excluding carboxylic acids is 2. The van der Waals surface area contributed by atoms with Crippen LogP contribution < -0.4 is 0 Å². The molecule has 1 aliphatic rings. The summed E-state index contributed by atoms with van der Waals surface area (Å²) in [6.07, 6.45) is -0.609. The number of aliphatic hydroxyl groups excluding tert-OH is 1. The number of methoxy groups -OCH3 is 1. The van der Waals surface area contributed by atoms with Gasteiger partial charge in [0, 0.05) is 0 Å². The molecule has 0 aromatic carbocycles. The summed E-state index contributed by atoms with van der Waals surface area (Å²) in [5.41, 5.74) is -0.625. The molecule has 0 aromatic rings. The summed E-state index contributed by atoms with van der Waals surface area (Å²) in [5.74, 6) is -0.537. The molecule has 0 aliphatic carbocycles. The van der Waals surface area contributed by atoms with Gasteiger partial charge in [-0.15, -0.1) is 0 Å². The van der Waals surface area contributed by atoms with Crippen LogP contribution in [0.25, 0.3) is 0 Å². The van der Waals surface area contributed by atoms with E-state index in [4.69, 9.17) is 9.84 Å². The van der Waals surface area contributed by atoms with Crippen molar-refractivity contribution in [1.82, 2.24) is 4.90 Å². The Hall–Kier alpha value is -1.30. The maximum Gasteiger partial charge on any atom is 0.411 e. The fraction of sp³-hybridized carbons (Fsp3) is 0.800. The van der Waals surface area contributed by atoms with Crippen molar-refractivity contribution in [2.24, 2.45) is 0 Å². The van der Waals surface area contributed by atoms with Crippen LogP contribution in [-0.2, 0) is 14.3 Å². The van der Waals surface area contributed by atoms with Crippen LogP contribution in [0.1, 0.15) is 20.8 Å². The highest BCUT2D eigenvalue weighted by Gasteiger charge is 2.57. The van der Waals surface area contributed by atoms with Crippen LogP contribution in [0.2, 0.25) is 0 Å². The number of hydrogen-bond donors (Lipinski definition) is 1. The lowest BCUT2D eigenvalue weighted by molar-refractivity contribution is -0.141. The molecule has 6 heteroatoms. The van der Waals surface area contributed by atoms with Gasteiger partial charge in [-0.3, -0.25) is 4.90 Å². The zero-order valence-electron chi connectivity index (χ0n) is 9.89. The first-order valence-electron chi connectivity index (χ1n) is 5.02. The van der Waals surface area contributed by atoms with E-state index in [1.807, 2.05) is 0 Å². The number of rotatable bonds is 2. The average molecular weight is 231 g/mol. The van der Waals surface area contributed by atoms with Crippen molar-refractivity contribution < 1.29 is 24.2 Å². The first-order valence-corrected chi connectivity index (χ1v) is 5.02. The highest BCUT2D eigenvalue weighted by atomic mass is 16.6. The van der Waals surface area contributed by atoms with Crippen LogP contribution in [-0.4, -0.2) is 53.5 Å². The standard InChI is InChI=1S/C10H17NO5/c1-10(2,3)16-9(14)11-6(5-12)7(11)8(13)15-4/h6-7,12H,5H2,1-4H3/t6-,7+,11?/m0/s1. The van der Waals surface area contributed by atoms with Crippen molar-refractivity contribution >= 4 is 12.1 Å². The van der Waals surface area contributed by atoms with Crippen LogP contribution in [0.15, 0.2) is 0 Å². The first kappa shape index (κ1) is 12.8. The van der Waals surface area contributed by atoms with Gasteiger partial charge in [0.1, 0.15) is 5.60 Å². The van der Waals surface area contributed by atoms with E-state index < -0.39 is 29.7 Å². The smallest absolute Gasteiger partial charge is 0.411 e. The van der Waals surface area contributed by atoms with E-state index in [-0.39, 0.29) is 6.61 Å². The van der Waals surface area contributed by atoms with Gasteiger partial charge in [-0.05, 0) is 20.8 Å². The van der Waals surface area contributed by atoms with Gasteiger partial charge in [-0.1, -0.05) is 0 Å². The topological polar surface area (TPSA) is 75.8 Å². The van der Waals surface area contributed by atoms with Crippen LogP contribution in [0.5, 0.6) is 0 Å². The predicted octanol–water partition coefficient (Wildman–Crippen LogP) is 0.140. The van der Waals surface area contributed by atoms with E-state index in [2.05, 4.69) is 4.74 Å². The van der Waals surface area contributed by atoms with E-state index in [0.717, 1.165) is 0 Å². The first-order chi connectivity index (χ1) is 7.31. The number of nitrogens with zero attached hydrogens (tertiary/aromatic N) is 1. The largest absolute Gasteiger partial charge is 0.467 e. The maximum atomic E-state index is 11.6. The van der Waals surface area contributed by atoms with E-state index in [1.165, 1.54) is 12.0 Å². The zero-order chi connectivity index (χ0) is 12.5. The Bertz CT molecular complexity index is 296. The van der Waals surface area contributed by atoms with E-state index in [1.54, 1.807) is 20.8 Å². The summed E-state index contributed by atoms with van der Waals surface area (Å²) in [4.78, 5) is 24.0. The number of hydrogen-bond acceptors (Lipinski definition) is 5. The van der Waals surface area contributed by atoms with Crippen LogP contribution in [0, 0.1) is 0 Å². The van der Waals surface area contributed by atoms with Gasteiger partial charge in [-0.25, -0.2) is 9.59 Å². The monoisotopic (exact) mass is 231 g/mol. The molecule has 6 nitrogen and oxygen atoms in total. The van der Waals surface area contributed by atoms with E-state index in [9.17, 15) is 9.59 Å². The Labute approximate surface area is 94.1 Å². The van der Waals surface area contributed by atoms with Crippen LogP contribution in [0.4, 0.5) is 4.79 Å². The minimum Gasteiger partial charge on any atom is -0.467 e. The fourth-order valence-electron chi connectivity index (χ4n) is 1.42. The fourth-order valence-corrected chi connectivity index (χ4v) is 1.42. The summed E-state index contributed by atoms with van der Waals surface area (Å²) in [7, 11) is 1.24. The molecule has 0 unspecified atom stereocenters.